The molecule has 0 amide bonds. The molecule has 0 bridgehead atoms. The van der Waals surface area contributed by atoms with E-state index in [2.05, 4.69) is 10.3 Å². The van der Waals surface area contributed by atoms with Crippen molar-refractivity contribution < 1.29 is 4.42 Å². The van der Waals surface area contributed by atoms with E-state index >= 15 is 0 Å². The normalized spacial score (nSPS) is 10.8. The van der Waals surface area contributed by atoms with Crippen molar-refractivity contribution in [1.82, 2.24) is 4.98 Å². The molecular weight excluding hydrogens is 254 g/mol. The minimum Gasteiger partial charge on any atom is -0.408 e. The molecule has 0 fully saturated rings. The van der Waals surface area contributed by atoms with Crippen LogP contribution in [0.5, 0.6) is 0 Å². The molecule has 0 atom stereocenters. The summed E-state index contributed by atoms with van der Waals surface area (Å²) in [7, 11) is 0. The highest BCUT2D eigenvalue weighted by Crippen LogP contribution is 2.21. The fourth-order valence-corrected chi connectivity index (χ4v) is 2.15. The number of fused-ring (bicyclic) bond motifs is 1. The number of anilines is 2. The molecule has 5 heteroatoms. The molecule has 0 aliphatic rings. The lowest BCUT2D eigenvalue weighted by Gasteiger charge is -2.10. The quantitative estimate of drug-likeness (QED) is 0.638. The monoisotopic (exact) mass is 269 g/mol. The highest BCUT2D eigenvalue weighted by molar-refractivity contribution is 5.73. The number of hydrogen-bond acceptors (Lipinski definition) is 4. The Morgan fingerprint density at radius 3 is 2.90 bits per heavy atom. The minimum atomic E-state index is -0.437. The molecule has 1 aromatic heterocycles. The summed E-state index contributed by atoms with van der Waals surface area (Å²) in [6.45, 7) is 2.62. The van der Waals surface area contributed by atoms with Crippen LogP contribution < -0.4 is 16.8 Å². The largest absolute Gasteiger partial charge is 0.417 e. The van der Waals surface area contributed by atoms with Gasteiger partial charge < -0.3 is 15.5 Å². The Morgan fingerprint density at radius 1 is 1.25 bits per heavy atom. The summed E-state index contributed by atoms with van der Waals surface area (Å²) in [5.41, 5.74) is 11.0. The van der Waals surface area contributed by atoms with Gasteiger partial charge in [-0.05, 0) is 42.3 Å². The minimum absolute atomic E-state index is 0.437. The third kappa shape index (κ3) is 2.38. The number of nitrogens with one attached hydrogen (secondary N) is 2. The van der Waals surface area contributed by atoms with Gasteiger partial charge in [0.05, 0.1) is 16.9 Å². The van der Waals surface area contributed by atoms with Gasteiger partial charge >= 0.3 is 5.76 Å². The molecule has 4 N–H and O–H groups in total. The number of benzene rings is 2. The van der Waals surface area contributed by atoms with E-state index in [1.54, 1.807) is 6.07 Å². The van der Waals surface area contributed by atoms with E-state index in [1.165, 1.54) is 0 Å². The van der Waals surface area contributed by atoms with Gasteiger partial charge in [-0.25, -0.2) is 4.79 Å². The number of aromatic nitrogens is 1. The fraction of sp³-hybridized carbons (Fsp3) is 0.133. The summed E-state index contributed by atoms with van der Waals surface area (Å²) in [5, 5.41) is 3.28. The summed E-state index contributed by atoms with van der Waals surface area (Å²) >= 11 is 0. The molecule has 5 nitrogen and oxygen atoms in total. The van der Waals surface area contributed by atoms with Crippen molar-refractivity contribution in [3.63, 3.8) is 0 Å². The zero-order valence-corrected chi connectivity index (χ0v) is 11.1. The Morgan fingerprint density at radius 2 is 2.10 bits per heavy atom. The zero-order chi connectivity index (χ0) is 14.1. The highest BCUT2D eigenvalue weighted by Gasteiger charge is 2.03. The molecule has 0 aliphatic carbocycles. The van der Waals surface area contributed by atoms with E-state index < -0.39 is 5.76 Å². The molecule has 2 aromatic carbocycles. The van der Waals surface area contributed by atoms with Gasteiger partial charge in [0.1, 0.15) is 0 Å². The van der Waals surface area contributed by atoms with E-state index in [1.807, 2.05) is 37.3 Å². The summed E-state index contributed by atoms with van der Waals surface area (Å²) in [6.07, 6.45) is 0. The maximum Gasteiger partial charge on any atom is 0.417 e. The fourth-order valence-electron chi connectivity index (χ4n) is 2.15. The molecule has 102 valence electrons. The van der Waals surface area contributed by atoms with Crippen molar-refractivity contribution in [2.45, 2.75) is 13.5 Å². The van der Waals surface area contributed by atoms with Gasteiger partial charge in [-0.2, -0.15) is 0 Å². The molecular formula is C15H15N3O2. The van der Waals surface area contributed by atoms with Gasteiger partial charge in [0, 0.05) is 6.54 Å². The molecule has 3 rings (SSSR count). The second kappa shape index (κ2) is 4.77. The molecule has 0 aliphatic heterocycles. The lowest BCUT2D eigenvalue weighted by Crippen LogP contribution is -2.02. The topological polar surface area (TPSA) is 84.0 Å². The van der Waals surface area contributed by atoms with Gasteiger partial charge in [0.15, 0.2) is 5.58 Å². The molecule has 1 heterocycles. The van der Waals surface area contributed by atoms with Gasteiger partial charge in [0.2, 0.25) is 0 Å². The van der Waals surface area contributed by atoms with E-state index in [-0.39, 0.29) is 0 Å². The van der Waals surface area contributed by atoms with E-state index in [0.717, 1.165) is 22.5 Å². The van der Waals surface area contributed by atoms with Crippen LogP contribution in [0.15, 0.2) is 45.6 Å². The number of aryl methyl sites for hydroxylation is 1. The third-order valence-electron chi connectivity index (χ3n) is 3.17. The van der Waals surface area contributed by atoms with Crippen LogP contribution in [0.25, 0.3) is 11.1 Å². The van der Waals surface area contributed by atoms with Crippen LogP contribution in [0.3, 0.4) is 0 Å². The van der Waals surface area contributed by atoms with Crippen LogP contribution in [0.4, 0.5) is 11.4 Å². The molecule has 0 radical (unpaired) electrons. The summed E-state index contributed by atoms with van der Waals surface area (Å²) in [6, 6.07) is 11.5. The van der Waals surface area contributed by atoms with Crippen LogP contribution >= 0.6 is 0 Å². The smallest absolute Gasteiger partial charge is 0.408 e. The first-order chi connectivity index (χ1) is 9.61. The van der Waals surface area contributed by atoms with Crippen LogP contribution in [0.1, 0.15) is 11.1 Å². The predicted molar refractivity (Wildman–Crippen MR) is 79.8 cm³/mol. The average Bonchev–Trinajstić information content (AvgIpc) is 2.77. The SMILES string of the molecule is Cc1ccc(NCc2ccc3oc(=O)[nH]c3c2)c(N)c1. The van der Waals surface area contributed by atoms with Crippen molar-refractivity contribution in [2.24, 2.45) is 0 Å². The van der Waals surface area contributed by atoms with Gasteiger partial charge in [0.25, 0.3) is 0 Å². The Labute approximate surface area is 115 Å². The Balaban J connectivity index is 1.80. The lowest BCUT2D eigenvalue weighted by molar-refractivity contribution is 0.555. The van der Waals surface area contributed by atoms with Gasteiger partial charge in [-0.3, -0.25) is 4.98 Å². The van der Waals surface area contributed by atoms with E-state index in [9.17, 15) is 4.79 Å². The first-order valence-corrected chi connectivity index (χ1v) is 6.33. The van der Waals surface area contributed by atoms with Crippen LogP contribution in [0, 0.1) is 6.92 Å². The number of nitrogen functional groups attached to an aromatic ring is 1. The standard InChI is InChI=1S/C15H15N3O2/c1-9-2-4-12(11(16)6-9)17-8-10-3-5-14-13(7-10)18-15(19)20-14/h2-7,17H,8,16H2,1H3,(H,18,19). The second-order valence-electron chi connectivity index (χ2n) is 4.79. The zero-order valence-electron chi connectivity index (χ0n) is 11.1. The molecule has 20 heavy (non-hydrogen) atoms. The number of nitrogens with two attached hydrogens (primary N) is 1. The summed E-state index contributed by atoms with van der Waals surface area (Å²) in [5.74, 6) is -0.437. The van der Waals surface area contributed by atoms with Gasteiger partial charge in [-0.15, -0.1) is 0 Å². The van der Waals surface area contributed by atoms with Crippen LogP contribution in [-0.2, 0) is 6.54 Å². The van der Waals surface area contributed by atoms with Gasteiger partial charge in [-0.1, -0.05) is 12.1 Å². The second-order valence-corrected chi connectivity index (χ2v) is 4.79. The van der Waals surface area contributed by atoms with Crippen molar-refractivity contribution in [3.05, 3.63) is 58.1 Å². The number of H-pyrrole nitrogens is 1. The van der Waals surface area contributed by atoms with Crippen molar-refractivity contribution in [3.8, 4) is 0 Å². The number of hydrogen-bond donors (Lipinski definition) is 3. The van der Waals surface area contributed by atoms with Crippen LogP contribution in [-0.4, -0.2) is 4.98 Å². The molecule has 0 saturated carbocycles. The first kappa shape index (κ1) is 12.3. The number of oxazole rings is 1. The summed E-state index contributed by atoms with van der Waals surface area (Å²) in [4.78, 5) is 13.7. The van der Waals surface area contributed by atoms with Crippen molar-refractivity contribution >= 4 is 22.5 Å². The van der Waals surface area contributed by atoms with Crippen molar-refractivity contribution in [1.29, 1.82) is 0 Å². The Hall–Kier alpha value is -2.69. The molecule has 0 spiro atoms. The third-order valence-corrected chi connectivity index (χ3v) is 3.17. The number of rotatable bonds is 3. The van der Waals surface area contributed by atoms with Crippen molar-refractivity contribution in [2.75, 3.05) is 11.1 Å². The predicted octanol–water partition coefficient (Wildman–Crippen LogP) is 2.62. The van der Waals surface area contributed by atoms with E-state index in [0.29, 0.717) is 17.6 Å². The van der Waals surface area contributed by atoms with Crippen LogP contribution in [0.2, 0.25) is 0 Å². The lowest BCUT2D eigenvalue weighted by atomic mass is 10.1. The van der Waals surface area contributed by atoms with E-state index in [4.69, 9.17) is 10.2 Å². The molecule has 0 saturated heterocycles. The maximum absolute atomic E-state index is 11.1. The summed E-state index contributed by atoms with van der Waals surface area (Å²) < 4.78 is 4.97. The number of aromatic amines is 1. The molecule has 3 aromatic rings. The maximum atomic E-state index is 11.1. The molecule has 0 unspecified atom stereocenters. The Bertz CT molecular complexity index is 817. The Kier molecular flexibility index (Phi) is 2.95. The first-order valence-electron chi connectivity index (χ1n) is 6.33. The average molecular weight is 269 g/mol. The highest BCUT2D eigenvalue weighted by atomic mass is 16.4.